The number of carboxylic acid groups (broad SMARTS) is 1. The second kappa shape index (κ2) is 6.60. The number of fused-ring (bicyclic) bond motifs is 1. The summed E-state index contributed by atoms with van der Waals surface area (Å²) in [6.45, 7) is 0.584. The molecule has 0 aromatic heterocycles. The van der Waals surface area contributed by atoms with Crippen molar-refractivity contribution in [2.45, 2.75) is 38.0 Å². The molecule has 3 atom stereocenters. The van der Waals surface area contributed by atoms with E-state index in [1.54, 1.807) is 7.11 Å². The molecule has 0 spiro atoms. The van der Waals surface area contributed by atoms with E-state index in [2.05, 4.69) is 17.4 Å². The van der Waals surface area contributed by atoms with Gasteiger partial charge < -0.3 is 15.2 Å². The molecule has 1 aromatic rings. The first-order chi connectivity index (χ1) is 11.1. The third-order valence-corrected chi connectivity index (χ3v) is 5.24. The maximum absolute atomic E-state index is 12.2. The highest BCUT2D eigenvalue weighted by Gasteiger charge is 2.41. The Morgan fingerprint density at radius 3 is 2.70 bits per heavy atom. The molecule has 1 aromatic carbocycles. The zero-order valence-corrected chi connectivity index (χ0v) is 13.4. The molecular weight excluding hydrogens is 294 g/mol. The fraction of sp³-hybridized carbons (Fsp3) is 0.556. The Kier molecular flexibility index (Phi) is 4.55. The number of carbonyl (C=O) groups excluding carboxylic acids is 1. The molecule has 5 nitrogen and oxygen atoms in total. The van der Waals surface area contributed by atoms with Gasteiger partial charge in [-0.15, -0.1) is 0 Å². The lowest BCUT2D eigenvalue weighted by molar-refractivity contribution is -0.152. The van der Waals surface area contributed by atoms with Gasteiger partial charge in [-0.2, -0.15) is 0 Å². The van der Waals surface area contributed by atoms with Gasteiger partial charge in [0.15, 0.2) is 0 Å². The molecule has 0 saturated heterocycles. The van der Waals surface area contributed by atoms with E-state index in [0.29, 0.717) is 25.3 Å². The van der Waals surface area contributed by atoms with Gasteiger partial charge in [-0.1, -0.05) is 6.07 Å². The Balaban J connectivity index is 1.62. The van der Waals surface area contributed by atoms with Gasteiger partial charge in [0.2, 0.25) is 5.91 Å². The highest BCUT2D eigenvalue weighted by Crippen LogP contribution is 2.36. The fourth-order valence-corrected chi connectivity index (χ4v) is 3.69. The van der Waals surface area contributed by atoms with Crippen molar-refractivity contribution in [3.8, 4) is 5.75 Å². The molecule has 23 heavy (non-hydrogen) atoms. The van der Waals surface area contributed by atoms with E-state index < -0.39 is 11.9 Å². The van der Waals surface area contributed by atoms with Crippen LogP contribution in [0.25, 0.3) is 0 Å². The standard InChI is InChI=1S/C18H23NO4/c1-23-13-5-6-14-11(9-13)3-2-4-12(14)10-19-17(20)15-7-8-16(15)18(21)22/h5-6,9,12,15-16H,2-4,7-8,10H2,1H3,(H,19,20)(H,21,22). The average Bonchev–Trinajstić information content (AvgIpc) is 2.50. The third-order valence-electron chi connectivity index (χ3n) is 5.24. The van der Waals surface area contributed by atoms with E-state index in [1.807, 2.05) is 6.07 Å². The summed E-state index contributed by atoms with van der Waals surface area (Å²) < 4.78 is 5.28. The Morgan fingerprint density at radius 2 is 2.04 bits per heavy atom. The minimum Gasteiger partial charge on any atom is -0.497 e. The van der Waals surface area contributed by atoms with Crippen LogP contribution in [-0.2, 0) is 16.0 Å². The van der Waals surface area contributed by atoms with Crippen molar-refractivity contribution in [3.63, 3.8) is 0 Å². The van der Waals surface area contributed by atoms with Crippen molar-refractivity contribution < 1.29 is 19.4 Å². The minimum atomic E-state index is -0.855. The van der Waals surface area contributed by atoms with Gasteiger partial charge in [-0.3, -0.25) is 9.59 Å². The summed E-state index contributed by atoms with van der Waals surface area (Å²) in [6.07, 6.45) is 4.48. The average molecular weight is 317 g/mol. The number of methoxy groups -OCH3 is 1. The normalized spacial score (nSPS) is 25.9. The number of nitrogens with one attached hydrogen (secondary N) is 1. The second-order valence-corrected chi connectivity index (χ2v) is 6.53. The van der Waals surface area contributed by atoms with Crippen molar-refractivity contribution in [2.75, 3.05) is 13.7 Å². The van der Waals surface area contributed by atoms with E-state index in [9.17, 15) is 9.59 Å². The first-order valence-electron chi connectivity index (χ1n) is 8.27. The second-order valence-electron chi connectivity index (χ2n) is 6.53. The van der Waals surface area contributed by atoms with Gasteiger partial charge in [0.1, 0.15) is 5.75 Å². The van der Waals surface area contributed by atoms with Crippen LogP contribution in [0.4, 0.5) is 0 Å². The highest BCUT2D eigenvalue weighted by atomic mass is 16.5. The number of aliphatic carboxylic acids is 1. The summed E-state index contributed by atoms with van der Waals surface area (Å²) in [6, 6.07) is 6.13. The van der Waals surface area contributed by atoms with Crippen LogP contribution < -0.4 is 10.1 Å². The van der Waals surface area contributed by atoms with Crippen molar-refractivity contribution in [1.82, 2.24) is 5.32 Å². The molecule has 1 saturated carbocycles. The Hall–Kier alpha value is -2.04. The first-order valence-corrected chi connectivity index (χ1v) is 8.27. The monoisotopic (exact) mass is 317 g/mol. The molecule has 2 aliphatic carbocycles. The van der Waals surface area contributed by atoms with Crippen LogP contribution in [0.1, 0.15) is 42.7 Å². The zero-order chi connectivity index (χ0) is 16.4. The van der Waals surface area contributed by atoms with Crippen LogP contribution in [0, 0.1) is 11.8 Å². The molecule has 0 heterocycles. The molecule has 3 rings (SSSR count). The predicted octanol–water partition coefficient (Wildman–Crippen LogP) is 2.34. The molecule has 0 radical (unpaired) electrons. The molecule has 0 aliphatic heterocycles. The number of benzene rings is 1. The molecule has 1 amide bonds. The Morgan fingerprint density at radius 1 is 1.26 bits per heavy atom. The van der Waals surface area contributed by atoms with E-state index in [4.69, 9.17) is 9.84 Å². The summed E-state index contributed by atoms with van der Waals surface area (Å²) in [5, 5.41) is 12.0. The lowest BCUT2D eigenvalue weighted by atomic mass is 9.73. The quantitative estimate of drug-likeness (QED) is 0.874. The lowest BCUT2D eigenvalue weighted by Gasteiger charge is -2.33. The molecule has 1 fully saturated rings. The van der Waals surface area contributed by atoms with Crippen molar-refractivity contribution in [1.29, 1.82) is 0 Å². The highest BCUT2D eigenvalue weighted by molar-refractivity contribution is 5.86. The van der Waals surface area contributed by atoms with Gasteiger partial charge in [0.05, 0.1) is 18.9 Å². The van der Waals surface area contributed by atoms with Gasteiger partial charge in [0, 0.05) is 12.5 Å². The lowest BCUT2D eigenvalue weighted by Crippen LogP contribution is -2.45. The molecular formula is C18H23NO4. The molecule has 5 heteroatoms. The summed E-state index contributed by atoms with van der Waals surface area (Å²) in [7, 11) is 1.67. The minimum absolute atomic E-state index is 0.107. The van der Waals surface area contributed by atoms with Crippen molar-refractivity contribution >= 4 is 11.9 Å². The third kappa shape index (κ3) is 3.19. The number of hydrogen-bond acceptors (Lipinski definition) is 3. The fourth-order valence-electron chi connectivity index (χ4n) is 3.69. The van der Waals surface area contributed by atoms with E-state index >= 15 is 0 Å². The van der Waals surface area contributed by atoms with Gasteiger partial charge in [0.25, 0.3) is 0 Å². The summed E-state index contributed by atoms with van der Waals surface area (Å²) in [5.74, 6) is -0.649. The molecule has 124 valence electrons. The van der Waals surface area contributed by atoms with Crippen LogP contribution >= 0.6 is 0 Å². The van der Waals surface area contributed by atoms with Crippen LogP contribution in [0.3, 0.4) is 0 Å². The molecule has 2 N–H and O–H groups in total. The number of amides is 1. The molecule has 2 aliphatic rings. The van der Waals surface area contributed by atoms with Gasteiger partial charge in [-0.05, 0) is 55.4 Å². The SMILES string of the molecule is COc1ccc2c(c1)CCCC2CNC(=O)C1CCC1C(=O)O. The zero-order valence-electron chi connectivity index (χ0n) is 13.4. The Bertz CT molecular complexity index is 613. The van der Waals surface area contributed by atoms with Crippen LogP contribution in [-0.4, -0.2) is 30.6 Å². The van der Waals surface area contributed by atoms with Crippen molar-refractivity contribution in [2.24, 2.45) is 11.8 Å². The first kappa shape index (κ1) is 15.8. The van der Waals surface area contributed by atoms with Crippen LogP contribution in [0.15, 0.2) is 18.2 Å². The maximum atomic E-state index is 12.2. The smallest absolute Gasteiger partial charge is 0.307 e. The number of hydrogen-bond donors (Lipinski definition) is 2. The van der Waals surface area contributed by atoms with Crippen molar-refractivity contribution in [3.05, 3.63) is 29.3 Å². The van der Waals surface area contributed by atoms with Crippen LogP contribution in [0.5, 0.6) is 5.75 Å². The topological polar surface area (TPSA) is 75.6 Å². The maximum Gasteiger partial charge on any atom is 0.307 e. The summed E-state index contributed by atoms with van der Waals surface area (Å²) in [4.78, 5) is 23.2. The largest absolute Gasteiger partial charge is 0.497 e. The predicted molar refractivity (Wildman–Crippen MR) is 85.5 cm³/mol. The van der Waals surface area contributed by atoms with E-state index in [-0.39, 0.29) is 11.8 Å². The number of aryl methyl sites for hydroxylation is 1. The number of rotatable bonds is 5. The van der Waals surface area contributed by atoms with Crippen LogP contribution in [0.2, 0.25) is 0 Å². The van der Waals surface area contributed by atoms with Gasteiger partial charge >= 0.3 is 5.97 Å². The number of ether oxygens (including phenoxy) is 1. The van der Waals surface area contributed by atoms with E-state index in [0.717, 1.165) is 25.0 Å². The summed E-state index contributed by atoms with van der Waals surface area (Å²) in [5.41, 5.74) is 2.57. The van der Waals surface area contributed by atoms with Gasteiger partial charge in [-0.25, -0.2) is 0 Å². The Labute approximate surface area is 136 Å². The molecule has 0 bridgehead atoms. The molecule has 3 unspecified atom stereocenters. The van der Waals surface area contributed by atoms with E-state index in [1.165, 1.54) is 11.1 Å². The number of carboxylic acids is 1. The number of carbonyl (C=O) groups is 2. The summed E-state index contributed by atoms with van der Waals surface area (Å²) >= 11 is 0.